The number of ketones is 6. The fraction of sp³-hybridized carbons (Fsp3) is 0.545. The van der Waals surface area contributed by atoms with Crippen LogP contribution in [0.3, 0.4) is 0 Å². The molecule has 0 aromatic heterocycles. The van der Waals surface area contributed by atoms with Crippen LogP contribution in [-0.4, -0.2) is 34.7 Å². The van der Waals surface area contributed by atoms with Gasteiger partial charge in [-0.2, -0.15) is 0 Å². The Balaban J connectivity index is 2.95. The predicted octanol–water partition coefficient (Wildman–Crippen LogP) is 2.92. The predicted molar refractivity (Wildman–Crippen MR) is 104 cm³/mol. The van der Waals surface area contributed by atoms with Crippen LogP contribution in [0.1, 0.15) is 65.2 Å². The summed E-state index contributed by atoms with van der Waals surface area (Å²) in [4.78, 5) is 71.1. The number of Topliss-reactive ketones (excluding diaryl/α,β-unsaturated/α-hetero) is 2. The van der Waals surface area contributed by atoms with E-state index in [0.717, 1.165) is 0 Å². The molecule has 0 heterocycles. The van der Waals surface area contributed by atoms with Gasteiger partial charge in [0.25, 0.3) is 0 Å². The van der Waals surface area contributed by atoms with Crippen molar-refractivity contribution >= 4 is 34.7 Å². The average molecular weight is 388 g/mol. The molecule has 28 heavy (non-hydrogen) atoms. The van der Waals surface area contributed by atoms with Crippen molar-refractivity contribution in [3.8, 4) is 0 Å². The van der Waals surface area contributed by atoms with Gasteiger partial charge in [0.2, 0.25) is 0 Å². The molecule has 1 aliphatic rings. The summed E-state index contributed by atoms with van der Waals surface area (Å²) in [5, 5.41) is 0. The van der Waals surface area contributed by atoms with Gasteiger partial charge in [-0.05, 0) is 62.8 Å². The molecule has 6 heteroatoms. The molecule has 0 aromatic carbocycles. The first kappa shape index (κ1) is 23.5. The van der Waals surface area contributed by atoms with E-state index in [1.165, 1.54) is 38.2 Å². The lowest BCUT2D eigenvalue weighted by molar-refractivity contribution is -0.120. The number of hydrogen-bond donors (Lipinski definition) is 0. The number of allylic oxidation sites excluding steroid dienone is 4. The maximum Gasteiger partial charge on any atom is 0.156 e. The monoisotopic (exact) mass is 388 g/mol. The van der Waals surface area contributed by atoms with Crippen LogP contribution in [0.2, 0.25) is 0 Å². The molecule has 0 fully saturated rings. The third kappa shape index (κ3) is 10.6. The molecule has 0 aromatic rings. The molecule has 0 N–H and O–H groups in total. The third-order valence-electron chi connectivity index (χ3n) is 4.64. The van der Waals surface area contributed by atoms with E-state index >= 15 is 0 Å². The molecule has 0 saturated carbocycles. The molecule has 0 aliphatic heterocycles. The third-order valence-corrected chi connectivity index (χ3v) is 4.64. The standard InChI is InChI=1S/C22H28O6/c1-15(23)11-17-3-5-19(25)8-10-22(28)14-18(12-16(2)24)4-6-20(26)7-9-21(27)13-17/h7-10,17-18H,3-6,11-14H2,1-2H3/b9-7+,10-8+/t17-,18-/m0/s1. The van der Waals surface area contributed by atoms with Crippen LogP contribution < -0.4 is 0 Å². The van der Waals surface area contributed by atoms with Crippen molar-refractivity contribution in [2.24, 2.45) is 11.8 Å². The first-order valence-corrected chi connectivity index (χ1v) is 9.62. The normalized spacial score (nSPS) is 25.4. The van der Waals surface area contributed by atoms with Gasteiger partial charge in [0.1, 0.15) is 11.6 Å². The second kappa shape index (κ2) is 12.1. The zero-order valence-corrected chi connectivity index (χ0v) is 16.6. The molecule has 1 rings (SSSR count). The number of hydrogen-bond acceptors (Lipinski definition) is 6. The van der Waals surface area contributed by atoms with E-state index < -0.39 is 0 Å². The van der Waals surface area contributed by atoms with Crippen LogP contribution in [-0.2, 0) is 28.8 Å². The zero-order chi connectivity index (χ0) is 21.1. The van der Waals surface area contributed by atoms with Gasteiger partial charge in [0, 0.05) is 38.5 Å². The van der Waals surface area contributed by atoms with Gasteiger partial charge in [-0.1, -0.05) is 0 Å². The van der Waals surface area contributed by atoms with E-state index in [9.17, 15) is 28.8 Å². The van der Waals surface area contributed by atoms with Gasteiger partial charge < -0.3 is 9.59 Å². The van der Waals surface area contributed by atoms with E-state index in [-0.39, 0.29) is 85.1 Å². The summed E-state index contributed by atoms with van der Waals surface area (Å²) < 4.78 is 0. The SMILES string of the molecule is CC(=O)C[C@@H]1CCC(=O)/C=C/C(=O)C[C@H](CC(C)=O)CCC(=O)/C=C/C(=O)C1. The van der Waals surface area contributed by atoms with Crippen molar-refractivity contribution < 1.29 is 28.8 Å². The summed E-state index contributed by atoms with van der Waals surface area (Å²) in [7, 11) is 0. The summed E-state index contributed by atoms with van der Waals surface area (Å²) in [6.45, 7) is 2.86. The molecular weight excluding hydrogens is 360 g/mol. The van der Waals surface area contributed by atoms with Crippen LogP contribution in [0, 0.1) is 11.8 Å². The quantitative estimate of drug-likeness (QED) is 0.734. The van der Waals surface area contributed by atoms with E-state index in [0.29, 0.717) is 12.8 Å². The van der Waals surface area contributed by atoms with Crippen molar-refractivity contribution in [3.63, 3.8) is 0 Å². The lowest BCUT2D eigenvalue weighted by Crippen LogP contribution is -2.14. The van der Waals surface area contributed by atoms with E-state index in [1.54, 1.807) is 0 Å². The largest absolute Gasteiger partial charge is 0.300 e. The maximum atomic E-state index is 12.1. The number of carbonyl (C=O) groups is 6. The van der Waals surface area contributed by atoms with Crippen molar-refractivity contribution in [2.45, 2.75) is 65.2 Å². The minimum atomic E-state index is -0.273. The summed E-state index contributed by atoms with van der Waals surface area (Å²) in [6, 6.07) is 0. The maximum absolute atomic E-state index is 12.1. The van der Waals surface area contributed by atoms with E-state index in [1.807, 2.05) is 0 Å². The number of rotatable bonds is 4. The molecule has 0 amide bonds. The molecule has 0 saturated heterocycles. The van der Waals surface area contributed by atoms with Gasteiger partial charge in [-0.3, -0.25) is 19.2 Å². The Morgan fingerprint density at radius 1 is 0.679 bits per heavy atom. The van der Waals surface area contributed by atoms with E-state index in [2.05, 4.69) is 0 Å². The fourth-order valence-electron chi connectivity index (χ4n) is 3.30. The Morgan fingerprint density at radius 3 is 1.32 bits per heavy atom. The minimum absolute atomic E-state index is 0.0676. The Kier molecular flexibility index (Phi) is 10.1. The molecular formula is C22H28O6. The Labute approximate surface area is 165 Å². The molecule has 0 radical (unpaired) electrons. The minimum Gasteiger partial charge on any atom is -0.300 e. The highest BCUT2D eigenvalue weighted by molar-refractivity contribution is 6.00. The zero-order valence-electron chi connectivity index (χ0n) is 16.6. The Hall–Kier alpha value is -2.50. The lowest BCUT2D eigenvalue weighted by Gasteiger charge is -2.14. The highest BCUT2D eigenvalue weighted by atomic mass is 16.1. The summed E-state index contributed by atoms with van der Waals surface area (Å²) in [5.74, 6) is -1.68. The molecule has 0 spiro atoms. The van der Waals surface area contributed by atoms with Gasteiger partial charge in [-0.25, -0.2) is 0 Å². The van der Waals surface area contributed by atoms with Gasteiger partial charge in [0.05, 0.1) is 0 Å². The number of carbonyl (C=O) groups excluding carboxylic acids is 6. The van der Waals surface area contributed by atoms with Crippen molar-refractivity contribution in [3.05, 3.63) is 24.3 Å². The van der Waals surface area contributed by atoms with Gasteiger partial charge >= 0.3 is 0 Å². The van der Waals surface area contributed by atoms with Crippen LogP contribution in [0.15, 0.2) is 24.3 Å². The summed E-state index contributed by atoms with van der Waals surface area (Å²) >= 11 is 0. The van der Waals surface area contributed by atoms with Crippen LogP contribution in [0.4, 0.5) is 0 Å². The highest BCUT2D eigenvalue weighted by Gasteiger charge is 2.18. The van der Waals surface area contributed by atoms with Crippen LogP contribution in [0.5, 0.6) is 0 Å². The second-order valence-electron chi connectivity index (χ2n) is 7.56. The fourth-order valence-corrected chi connectivity index (χ4v) is 3.30. The van der Waals surface area contributed by atoms with Crippen molar-refractivity contribution in [1.29, 1.82) is 0 Å². The smallest absolute Gasteiger partial charge is 0.156 e. The summed E-state index contributed by atoms with van der Waals surface area (Å²) in [6.07, 6.45) is 6.42. The second-order valence-corrected chi connectivity index (χ2v) is 7.56. The molecule has 2 atom stereocenters. The van der Waals surface area contributed by atoms with Gasteiger partial charge in [0.15, 0.2) is 23.1 Å². The van der Waals surface area contributed by atoms with Gasteiger partial charge in [-0.15, -0.1) is 0 Å². The van der Waals surface area contributed by atoms with Crippen LogP contribution >= 0.6 is 0 Å². The Bertz CT molecular complexity index is 638. The van der Waals surface area contributed by atoms with Crippen LogP contribution in [0.25, 0.3) is 0 Å². The molecule has 6 nitrogen and oxygen atoms in total. The molecule has 0 bridgehead atoms. The molecule has 1 aliphatic carbocycles. The summed E-state index contributed by atoms with van der Waals surface area (Å²) in [5.41, 5.74) is 0. The average Bonchev–Trinajstić information content (AvgIpc) is 2.59. The first-order valence-electron chi connectivity index (χ1n) is 9.62. The van der Waals surface area contributed by atoms with E-state index in [4.69, 9.17) is 0 Å². The first-order chi connectivity index (χ1) is 13.2. The van der Waals surface area contributed by atoms with Crippen molar-refractivity contribution in [1.82, 2.24) is 0 Å². The van der Waals surface area contributed by atoms with Crippen molar-refractivity contribution in [2.75, 3.05) is 0 Å². The topological polar surface area (TPSA) is 102 Å². The Morgan fingerprint density at radius 2 is 1.00 bits per heavy atom. The lowest BCUT2D eigenvalue weighted by atomic mass is 9.89. The molecule has 152 valence electrons. The highest BCUT2D eigenvalue weighted by Crippen LogP contribution is 2.20. The molecule has 0 unspecified atom stereocenters.